The Balaban J connectivity index is 2.25. The first kappa shape index (κ1) is 8.55. The largest absolute Gasteiger partial charge is 0.288 e. The molecule has 2 nitrogen and oxygen atoms in total. The van der Waals surface area contributed by atoms with Gasteiger partial charge < -0.3 is 0 Å². The first-order valence-corrected chi connectivity index (χ1v) is 4.28. The third-order valence-electron chi connectivity index (χ3n) is 2.62. The van der Waals surface area contributed by atoms with Gasteiger partial charge in [0.15, 0.2) is 0 Å². The molecule has 0 radical (unpaired) electrons. The van der Waals surface area contributed by atoms with Gasteiger partial charge in [0.25, 0.3) is 0 Å². The van der Waals surface area contributed by atoms with E-state index in [1.165, 1.54) is 0 Å². The van der Waals surface area contributed by atoms with Crippen LogP contribution in [-0.4, -0.2) is 24.0 Å². The molecule has 1 aliphatic rings. The van der Waals surface area contributed by atoms with Crippen molar-refractivity contribution >= 4 is 0 Å². The average Bonchev–Trinajstić information content (AvgIpc) is 1.83. The van der Waals surface area contributed by atoms with Crippen molar-refractivity contribution in [3.8, 4) is 6.07 Å². The van der Waals surface area contributed by atoms with Gasteiger partial charge in [-0.25, -0.2) is 0 Å². The number of nitriles is 1. The Morgan fingerprint density at radius 3 is 2.27 bits per heavy atom. The standard InChI is InChI=1S/C9H16N2/c1-7(2)9-5-11(6-9)8(3)4-10/h7-9H,5-6H2,1-3H3. The SMILES string of the molecule is CC(C)C1CN(C(C)C#N)C1. The van der Waals surface area contributed by atoms with Crippen LogP contribution in [0.5, 0.6) is 0 Å². The van der Waals surface area contributed by atoms with E-state index >= 15 is 0 Å². The summed E-state index contributed by atoms with van der Waals surface area (Å²) in [4.78, 5) is 2.23. The van der Waals surface area contributed by atoms with E-state index in [1.807, 2.05) is 6.92 Å². The highest BCUT2D eigenvalue weighted by molar-refractivity contribution is 4.94. The van der Waals surface area contributed by atoms with Crippen LogP contribution in [0.4, 0.5) is 0 Å². The molecule has 0 aliphatic carbocycles. The summed E-state index contributed by atoms with van der Waals surface area (Å²) in [5.74, 6) is 1.60. The number of nitrogens with zero attached hydrogens (tertiary/aromatic N) is 2. The van der Waals surface area contributed by atoms with Crippen LogP contribution < -0.4 is 0 Å². The summed E-state index contributed by atoms with van der Waals surface area (Å²) in [5.41, 5.74) is 0. The molecule has 1 heterocycles. The van der Waals surface area contributed by atoms with Crippen molar-refractivity contribution in [1.82, 2.24) is 4.90 Å². The Morgan fingerprint density at radius 1 is 1.36 bits per heavy atom. The molecule has 1 unspecified atom stereocenters. The molecule has 0 saturated carbocycles. The maximum atomic E-state index is 8.60. The highest BCUT2D eigenvalue weighted by atomic mass is 15.2. The Labute approximate surface area is 68.8 Å². The topological polar surface area (TPSA) is 27.0 Å². The third-order valence-corrected chi connectivity index (χ3v) is 2.62. The zero-order valence-corrected chi connectivity index (χ0v) is 7.54. The number of hydrogen-bond donors (Lipinski definition) is 0. The Hall–Kier alpha value is -0.550. The van der Waals surface area contributed by atoms with Crippen molar-refractivity contribution in [1.29, 1.82) is 5.26 Å². The van der Waals surface area contributed by atoms with Gasteiger partial charge in [0.05, 0.1) is 12.1 Å². The zero-order chi connectivity index (χ0) is 8.43. The summed E-state index contributed by atoms with van der Waals surface area (Å²) in [5, 5.41) is 8.60. The number of likely N-dealkylation sites (tertiary alicyclic amines) is 1. The summed E-state index contributed by atoms with van der Waals surface area (Å²) in [6, 6.07) is 2.37. The van der Waals surface area contributed by atoms with E-state index in [2.05, 4.69) is 24.8 Å². The smallest absolute Gasteiger partial charge is 0.0949 e. The molecule has 0 N–H and O–H groups in total. The van der Waals surface area contributed by atoms with Crippen molar-refractivity contribution in [3.05, 3.63) is 0 Å². The van der Waals surface area contributed by atoms with E-state index in [9.17, 15) is 0 Å². The normalized spacial score (nSPS) is 22.8. The van der Waals surface area contributed by atoms with E-state index in [1.54, 1.807) is 0 Å². The van der Waals surface area contributed by atoms with E-state index in [-0.39, 0.29) is 6.04 Å². The van der Waals surface area contributed by atoms with Gasteiger partial charge in [-0.1, -0.05) is 13.8 Å². The van der Waals surface area contributed by atoms with Crippen molar-refractivity contribution < 1.29 is 0 Å². The van der Waals surface area contributed by atoms with Crippen LogP contribution in [0, 0.1) is 23.2 Å². The molecule has 1 saturated heterocycles. The van der Waals surface area contributed by atoms with E-state index in [4.69, 9.17) is 5.26 Å². The third kappa shape index (κ3) is 1.72. The quantitative estimate of drug-likeness (QED) is 0.599. The molecule has 0 aromatic carbocycles. The molecule has 0 spiro atoms. The van der Waals surface area contributed by atoms with Crippen LogP contribution in [0.1, 0.15) is 20.8 Å². The molecule has 1 fully saturated rings. The average molecular weight is 152 g/mol. The van der Waals surface area contributed by atoms with Gasteiger partial charge in [-0.3, -0.25) is 4.90 Å². The minimum atomic E-state index is 0.116. The van der Waals surface area contributed by atoms with Crippen LogP contribution in [0.3, 0.4) is 0 Å². The van der Waals surface area contributed by atoms with Gasteiger partial charge in [-0.05, 0) is 18.8 Å². The lowest BCUT2D eigenvalue weighted by Crippen LogP contribution is -2.52. The highest BCUT2D eigenvalue weighted by Crippen LogP contribution is 2.24. The molecule has 0 amide bonds. The molecule has 0 aromatic heterocycles. The van der Waals surface area contributed by atoms with Crippen molar-refractivity contribution in [2.45, 2.75) is 26.8 Å². The summed E-state index contributed by atoms with van der Waals surface area (Å²) in [6.07, 6.45) is 0. The van der Waals surface area contributed by atoms with E-state index in [0.29, 0.717) is 0 Å². The lowest BCUT2D eigenvalue weighted by molar-refractivity contribution is 0.0527. The molecule has 62 valence electrons. The number of rotatable bonds is 2. The molecule has 1 aliphatic heterocycles. The summed E-state index contributed by atoms with van der Waals surface area (Å²) < 4.78 is 0. The molecule has 2 heteroatoms. The number of hydrogen-bond acceptors (Lipinski definition) is 2. The summed E-state index contributed by atoms with van der Waals surface area (Å²) >= 11 is 0. The molecule has 1 rings (SSSR count). The maximum Gasteiger partial charge on any atom is 0.0949 e. The minimum Gasteiger partial charge on any atom is -0.288 e. The lowest BCUT2D eigenvalue weighted by atomic mass is 9.87. The van der Waals surface area contributed by atoms with Crippen LogP contribution >= 0.6 is 0 Å². The van der Waals surface area contributed by atoms with Gasteiger partial charge in [-0.15, -0.1) is 0 Å². The maximum absolute atomic E-state index is 8.60. The van der Waals surface area contributed by atoms with Gasteiger partial charge in [0, 0.05) is 13.1 Å². The predicted octanol–water partition coefficient (Wildman–Crippen LogP) is 1.49. The molecular formula is C9H16N2. The molecule has 0 aromatic rings. The van der Waals surface area contributed by atoms with E-state index < -0.39 is 0 Å². The molecule has 1 atom stereocenters. The van der Waals surface area contributed by atoms with Crippen LogP contribution in [0.2, 0.25) is 0 Å². The van der Waals surface area contributed by atoms with Crippen LogP contribution in [-0.2, 0) is 0 Å². The fourth-order valence-electron chi connectivity index (χ4n) is 1.37. The monoisotopic (exact) mass is 152 g/mol. The van der Waals surface area contributed by atoms with Crippen molar-refractivity contribution in [3.63, 3.8) is 0 Å². The Morgan fingerprint density at radius 2 is 1.91 bits per heavy atom. The Kier molecular flexibility index (Phi) is 2.51. The van der Waals surface area contributed by atoms with Gasteiger partial charge in [-0.2, -0.15) is 5.26 Å². The second-order valence-electron chi connectivity index (χ2n) is 3.76. The first-order chi connectivity index (χ1) is 5.15. The fourth-order valence-corrected chi connectivity index (χ4v) is 1.37. The second-order valence-corrected chi connectivity index (χ2v) is 3.76. The fraction of sp³-hybridized carbons (Fsp3) is 0.889. The predicted molar refractivity (Wildman–Crippen MR) is 45.0 cm³/mol. The van der Waals surface area contributed by atoms with Crippen molar-refractivity contribution in [2.75, 3.05) is 13.1 Å². The van der Waals surface area contributed by atoms with Gasteiger partial charge >= 0.3 is 0 Å². The van der Waals surface area contributed by atoms with Crippen LogP contribution in [0.15, 0.2) is 0 Å². The molecular weight excluding hydrogens is 136 g/mol. The van der Waals surface area contributed by atoms with Crippen LogP contribution in [0.25, 0.3) is 0 Å². The summed E-state index contributed by atoms with van der Waals surface area (Å²) in [7, 11) is 0. The Bertz CT molecular complexity index is 163. The highest BCUT2D eigenvalue weighted by Gasteiger charge is 2.31. The van der Waals surface area contributed by atoms with Gasteiger partial charge in [0.2, 0.25) is 0 Å². The molecule has 0 bridgehead atoms. The first-order valence-electron chi connectivity index (χ1n) is 4.28. The lowest BCUT2D eigenvalue weighted by Gasteiger charge is -2.43. The van der Waals surface area contributed by atoms with E-state index in [0.717, 1.165) is 24.9 Å². The zero-order valence-electron chi connectivity index (χ0n) is 7.54. The van der Waals surface area contributed by atoms with Crippen molar-refractivity contribution in [2.24, 2.45) is 11.8 Å². The minimum absolute atomic E-state index is 0.116. The second kappa shape index (κ2) is 3.23. The molecule has 11 heavy (non-hydrogen) atoms. The van der Waals surface area contributed by atoms with Gasteiger partial charge in [0.1, 0.15) is 0 Å². The summed E-state index contributed by atoms with van der Waals surface area (Å²) in [6.45, 7) is 8.70.